The van der Waals surface area contributed by atoms with Gasteiger partial charge < -0.3 is 0 Å². The molecule has 0 heterocycles. The summed E-state index contributed by atoms with van der Waals surface area (Å²) < 4.78 is 0. The van der Waals surface area contributed by atoms with Gasteiger partial charge in [0.05, 0.1) is 0 Å². The SMILES string of the molecule is [BH2][Mo][SiH3].[Cr].[Cu].[Fe].[Mn].[Ni]. The second kappa shape index (κ2) is 46.4. The van der Waals surface area contributed by atoms with Gasteiger partial charge in [0.2, 0.25) is 0 Å². The van der Waals surface area contributed by atoms with Gasteiger partial charge >= 0.3 is 32.0 Å². The zero-order valence-electron chi connectivity index (χ0n) is 4.17. The van der Waals surface area contributed by atoms with Gasteiger partial charge in [-0.25, -0.2) is 0 Å². The van der Waals surface area contributed by atoms with Crippen molar-refractivity contribution in [3.8, 4) is 0 Å². The first kappa shape index (κ1) is 41.7. The van der Waals surface area contributed by atoms with E-state index in [1.807, 2.05) is 0 Å². The second-order valence-electron chi connectivity index (χ2n) is 0.408. The van der Waals surface area contributed by atoms with Gasteiger partial charge in [0.25, 0.3) is 0 Å². The molecule has 0 saturated heterocycles. The summed E-state index contributed by atoms with van der Waals surface area (Å²) in [4.78, 5) is 0. The molecule has 0 spiro atoms. The van der Waals surface area contributed by atoms with Gasteiger partial charge in [-0.1, -0.05) is 0 Å². The molecule has 0 aromatic rings. The van der Waals surface area contributed by atoms with Gasteiger partial charge in [0, 0.05) is 85.1 Å². The molecule has 0 fully saturated rings. The predicted molar refractivity (Wildman–Crippen MR) is 18.5 cm³/mol. The van der Waals surface area contributed by atoms with Crippen LogP contribution in [0.3, 0.4) is 0 Å². The molecule has 0 N–H and O–H groups in total. The first-order valence-electron chi connectivity index (χ1n) is 0.816. The summed E-state index contributed by atoms with van der Waals surface area (Å²) in [6.45, 7) is 0. The molecule has 0 unspecified atom stereocenters. The summed E-state index contributed by atoms with van der Waals surface area (Å²) in [5.74, 6) is 0. The Hall–Kier alpha value is 3.55. The third-order valence-electron chi connectivity index (χ3n) is 0. The van der Waals surface area contributed by atoms with E-state index >= 15 is 0 Å². The van der Waals surface area contributed by atoms with E-state index in [4.69, 9.17) is 0 Å². The van der Waals surface area contributed by atoms with E-state index in [0.29, 0.717) is 17.6 Å². The van der Waals surface area contributed by atoms with E-state index in [0.717, 1.165) is 0 Å². The maximum absolute atomic E-state index is 2.32. The molecule has 0 nitrogen and oxygen atoms in total. The Bertz CT molecular complexity index is 24.0. The van der Waals surface area contributed by atoms with E-state index in [1.165, 1.54) is 8.21 Å². The molecule has 0 bridgehead atoms. The van der Waals surface area contributed by atoms with Crippen LogP contribution in [-0.4, -0.2) is 14.3 Å². The second-order valence-corrected chi connectivity index (χ2v) is 7.25. The van der Waals surface area contributed by atoms with Crippen molar-refractivity contribution < 1.29 is 103 Å². The minimum atomic E-state index is 0. The fraction of sp³-hybridized carbons (Fsp3) is 0. The molecular weight excluding hydrogens is 420 g/mol. The van der Waals surface area contributed by atoms with Crippen molar-refractivity contribution in [2.75, 3.05) is 0 Å². The summed E-state index contributed by atoms with van der Waals surface area (Å²) in [7, 11) is 1.50. The van der Waals surface area contributed by atoms with Crippen molar-refractivity contribution in [1.29, 1.82) is 0 Å². The van der Waals surface area contributed by atoms with E-state index in [2.05, 4.69) is 6.11 Å². The van der Waals surface area contributed by atoms with Crippen LogP contribution < -0.4 is 0 Å². The number of rotatable bonds is 0. The maximum atomic E-state index is 2.32. The molecule has 0 aromatic heterocycles. The molecule has 0 saturated carbocycles. The molecule has 8 heteroatoms. The van der Waals surface area contributed by atoms with Gasteiger partial charge in [-0.05, 0) is 0 Å². The van der Waals surface area contributed by atoms with E-state index in [1.54, 1.807) is 0 Å². The first-order chi connectivity index (χ1) is 1.41. The number of hydrogen-bond donors (Lipinski definition) is 0. The first-order valence-corrected chi connectivity index (χ1v) is 9.66. The molecule has 0 rings (SSSR count). The third-order valence-corrected chi connectivity index (χ3v) is 0. The molecule has 0 atom stereocenters. The summed E-state index contributed by atoms with van der Waals surface area (Å²) in [5, 5.41) is 0. The van der Waals surface area contributed by atoms with Crippen LogP contribution in [-0.2, 0) is 103 Å². The molecule has 60 valence electrons. The van der Waals surface area contributed by atoms with Crippen molar-refractivity contribution in [3.63, 3.8) is 0 Å². The van der Waals surface area contributed by atoms with Crippen LogP contribution in [0.25, 0.3) is 0 Å². The topological polar surface area (TPSA) is 0 Å². The average Bonchev–Trinajstić information content (AvgIpc) is 0.918. The Morgan fingerprint density at radius 1 is 1.38 bits per heavy atom. The van der Waals surface area contributed by atoms with Crippen LogP contribution in [0, 0.1) is 0 Å². The Morgan fingerprint density at radius 2 is 1.38 bits per heavy atom. The van der Waals surface area contributed by atoms with Crippen LogP contribution in [0.4, 0.5) is 0 Å². The Labute approximate surface area is 115 Å². The van der Waals surface area contributed by atoms with Crippen molar-refractivity contribution in [2.45, 2.75) is 0 Å². The number of hydrogen-bond acceptors (Lipinski definition) is 0. The van der Waals surface area contributed by atoms with Gasteiger partial charge in [-0.3, -0.25) is 0 Å². The van der Waals surface area contributed by atoms with Crippen molar-refractivity contribution >= 4 is 14.3 Å². The van der Waals surface area contributed by atoms with E-state index in [-0.39, 0.29) is 85.1 Å². The van der Waals surface area contributed by atoms with Crippen molar-refractivity contribution in [3.05, 3.63) is 0 Å². The van der Waals surface area contributed by atoms with Crippen LogP contribution in [0.1, 0.15) is 0 Å². The van der Waals surface area contributed by atoms with Gasteiger partial charge in [0.15, 0.2) is 0 Å². The van der Waals surface area contributed by atoms with Crippen LogP contribution in [0.15, 0.2) is 0 Å². The molecule has 2 radical (unpaired) electrons. The normalized spacial score (nSPS) is 2.50. The van der Waals surface area contributed by atoms with Crippen molar-refractivity contribution in [1.82, 2.24) is 0 Å². The van der Waals surface area contributed by atoms with Crippen molar-refractivity contribution in [2.24, 2.45) is 0 Å². The largest absolute Gasteiger partial charge is 0 e. The zero-order chi connectivity index (χ0) is 2.71. The minimum Gasteiger partial charge on any atom is 0 e. The Balaban J connectivity index is -0.00000000200. The van der Waals surface area contributed by atoms with Gasteiger partial charge in [0.1, 0.15) is 0 Å². The summed E-state index contributed by atoms with van der Waals surface area (Å²) in [5.41, 5.74) is 0. The monoisotopic (exact) mass is 426 g/mol. The van der Waals surface area contributed by atoms with Crippen LogP contribution >= 0.6 is 0 Å². The predicted octanol–water partition coefficient (Wildman–Crippen LogP) is -2.12. The standard InChI is InChI=1S/BH2.Cr.Cu.Fe.Mn.Mo.Ni.H3Si/h1H2;;;;;;;1H3/q+1;;;;;-1;;. The van der Waals surface area contributed by atoms with E-state index in [9.17, 15) is 0 Å². The summed E-state index contributed by atoms with van der Waals surface area (Å²) in [6.07, 6.45) is 2.32. The zero-order valence-corrected chi connectivity index (χ0v) is 13.7. The minimum absolute atomic E-state index is 0. The Morgan fingerprint density at radius 3 is 1.38 bits per heavy atom. The molecular formula is H5BCrCuFeMnMoNiSi. The van der Waals surface area contributed by atoms with Crippen LogP contribution in [0.2, 0.25) is 0 Å². The van der Waals surface area contributed by atoms with E-state index < -0.39 is 0 Å². The maximum Gasteiger partial charge on any atom is 0 e. The molecule has 0 aliphatic rings. The molecule has 0 aromatic carbocycles. The fourth-order valence-electron chi connectivity index (χ4n) is 0. The Kier molecular flexibility index (Phi) is 242. The molecule has 0 aliphatic heterocycles. The van der Waals surface area contributed by atoms with Gasteiger partial charge in [-0.15, -0.1) is 0 Å². The average molecular weight is 425 g/mol. The summed E-state index contributed by atoms with van der Waals surface area (Å²) in [6, 6.07) is 0. The quantitative estimate of drug-likeness (QED) is 0.390. The fourth-order valence-corrected chi connectivity index (χ4v) is 0. The van der Waals surface area contributed by atoms with Gasteiger partial charge in [-0.2, -0.15) is 0 Å². The van der Waals surface area contributed by atoms with Crippen LogP contribution in [0.5, 0.6) is 0 Å². The molecule has 0 aliphatic carbocycles. The molecule has 0 amide bonds. The molecule has 8 heavy (non-hydrogen) atoms. The third kappa shape index (κ3) is 55.3. The smallest absolute Gasteiger partial charge is 0 e. The summed E-state index contributed by atoms with van der Waals surface area (Å²) >= 11 is 0.609.